The van der Waals surface area contributed by atoms with Crippen molar-refractivity contribution in [1.82, 2.24) is 5.32 Å². The normalized spacial score (nSPS) is 11.0. The SMILES string of the molecule is CCc1cc2oc(-c3ccc(F)cc3)c(C(=O)NC)c2cc1C. The van der Waals surface area contributed by atoms with E-state index in [1.165, 1.54) is 17.7 Å². The van der Waals surface area contributed by atoms with Crippen LogP contribution in [0.15, 0.2) is 40.8 Å². The summed E-state index contributed by atoms with van der Waals surface area (Å²) in [6.07, 6.45) is 0.893. The van der Waals surface area contributed by atoms with Crippen LogP contribution < -0.4 is 5.32 Å². The molecular formula is C19H18FNO2. The van der Waals surface area contributed by atoms with E-state index in [9.17, 15) is 9.18 Å². The van der Waals surface area contributed by atoms with E-state index in [0.29, 0.717) is 22.5 Å². The molecule has 0 bridgehead atoms. The van der Waals surface area contributed by atoms with Gasteiger partial charge in [-0.1, -0.05) is 6.92 Å². The maximum absolute atomic E-state index is 13.2. The predicted octanol–water partition coefficient (Wildman–Crippen LogP) is 4.47. The third-order valence-electron chi connectivity index (χ3n) is 4.09. The molecule has 0 saturated carbocycles. The lowest BCUT2D eigenvalue weighted by molar-refractivity contribution is 0.0964. The minimum atomic E-state index is -0.324. The van der Waals surface area contributed by atoms with Crippen LogP contribution in [0.3, 0.4) is 0 Å². The number of carbonyl (C=O) groups is 1. The number of halogens is 1. The zero-order chi connectivity index (χ0) is 16.6. The highest BCUT2D eigenvalue weighted by atomic mass is 19.1. The molecule has 0 fully saturated rings. The van der Waals surface area contributed by atoms with Gasteiger partial charge in [0, 0.05) is 18.0 Å². The van der Waals surface area contributed by atoms with E-state index in [-0.39, 0.29) is 11.7 Å². The Balaban J connectivity index is 2.31. The summed E-state index contributed by atoms with van der Waals surface area (Å²) in [5.74, 6) is -0.0748. The second-order valence-electron chi connectivity index (χ2n) is 5.52. The highest BCUT2D eigenvalue weighted by molar-refractivity contribution is 6.11. The summed E-state index contributed by atoms with van der Waals surface area (Å²) in [6, 6.07) is 9.91. The van der Waals surface area contributed by atoms with E-state index in [4.69, 9.17) is 4.42 Å². The average Bonchev–Trinajstić information content (AvgIpc) is 2.92. The number of aryl methyl sites for hydroxylation is 2. The summed E-state index contributed by atoms with van der Waals surface area (Å²) in [6.45, 7) is 4.11. The second-order valence-corrected chi connectivity index (χ2v) is 5.52. The predicted molar refractivity (Wildman–Crippen MR) is 89.1 cm³/mol. The molecule has 0 radical (unpaired) electrons. The van der Waals surface area contributed by atoms with Crippen LogP contribution in [-0.2, 0) is 6.42 Å². The summed E-state index contributed by atoms with van der Waals surface area (Å²) in [5.41, 5.74) is 4.14. The summed E-state index contributed by atoms with van der Waals surface area (Å²) < 4.78 is 19.1. The smallest absolute Gasteiger partial charge is 0.255 e. The van der Waals surface area contributed by atoms with Crippen molar-refractivity contribution >= 4 is 16.9 Å². The fourth-order valence-electron chi connectivity index (χ4n) is 2.83. The van der Waals surface area contributed by atoms with E-state index in [1.807, 2.05) is 19.1 Å². The molecule has 4 heteroatoms. The van der Waals surface area contributed by atoms with Crippen LogP contribution in [0.25, 0.3) is 22.3 Å². The third kappa shape index (κ3) is 2.61. The molecule has 2 aromatic carbocycles. The number of amides is 1. The van der Waals surface area contributed by atoms with Crippen molar-refractivity contribution in [2.45, 2.75) is 20.3 Å². The minimum Gasteiger partial charge on any atom is -0.455 e. The second kappa shape index (κ2) is 5.88. The molecular weight excluding hydrogens is 293 g/mol. The maximum Gasteiger partial charge on any atom is 0.255 e. The molecule has 0 saturated heterocycles. The largest absolute Gasteiger partial charge is 0.455 e. The van der Waals surface area contributed by atoms with Crippen LogP contribution in [0.4, 0.5) is 4.39 Å². The lowest BCUT2D eigenvalue weighted by Crippen LogP contribution is -2.18. The molecule has 1 N–H and O–H groups in total. The molecule has 23 heavy (non-hydrogen) atoms. The van der Waals surface area contributed by atoms with Crippen LogP contribution in [0.5, 0.6) is 0 Å². The van der Waals surface area contributed by atoms with Crippen molar-refractivity contribution in [3.8, 4) is 11.3 Å². The molecule has 0 aliphatic heterocycles. The van der Waals surface area contributed by atoms with Gasteiger partial charge in [0.1, 0.15) is 17.2 Å². The Morgan fingerprint density at radius 2 is 1.91 bits per heavy atom. The summed E-state index contributed by atoms with van der Waals surface area (Å²) in [7, 11) is 1.59. The highest BCUT2D eigenvalue weighted by Crippen LogP contribution is 2.35. The first kappa shape index (κ1) is 15.3. The number of rotatable bonds is 3. The molecule has 1 amide bonds. The van der Waals surface area contributed by atoms with E-state index in [0.717, 1.165) is 17.4 Å². The van der Waals surface area contributed by atoms with E-state index in [2.05, 4.69) is 12.2 Å². The van der Waals surface area contributed by atoms with Gasteiger partial charge in [-0.3, -0.25) is 4.79 Å². The fraction of sp³-hybridized carbons (Fsp3) is 0.211. The summed E-state index contributed by atoms with van der Waals surface area (Å²) >= 11 is 0. The van der Waals surface area contributed by atoms with Crippen molar-refractivity contribution in [3.63, 3.8) is 0 Å². The lowest BCUT2D eigenvalue weighted by Gasteiger charge is -2.04. The summed E-state index contributed by atoms with van der Waals surface area (Å²) in [5, 5.41) is 3.43. The summed E-state index contributed by atoms with van der Waals surface area (Å²) in [4.78, 5) is 12.4. The topological polar surface area (TPSA) is 42.2 Å². The van der Waals surface area contributed by atoms with E-state index < -0.39 is 0 Å². The van der Waals surface area contributed by atoms with Crippen molar-refractivity contribution in [2.75, 3.05) is 7.05 Å². The molecule has 1 heterocycles. The van der Waals surface area contributed by atoms with Gasteiger partial charge in [0.15, 0.2) is 0 Å². The van der Waals surface area contributed by atoms with Gasteiger partial charge in [-0.25, -0.2) is 4.39 Å². The number of hydrogen-bond donors (Lipinski definition) is 1. The van der Waals surface area contributed by atoms with Crippen LogP contribution in [0.1, 0.15) is 28.4 Å². The average molecular weight is 311 g/mol. The molecule has 3 nitrogen and oxygen atoms in total. The van der Waals surface area contributed by atoms with Gasteiger partial charge in [0.25, 0.3) is 5.91 Å². The Morgan fingerprint density at radius 3 is 2.52 bits per heavy atom. The van der Waals surface area contributed by atoms with Gasteiger partial charge in [0.05, 0.1) is 5.56 Å². The van der Waals surface area contributed by atoms with Gasteiger partial charge < -0.3 is 9.73 Å². The molecule has 0 atom stereocenters. The Morgan fingerprint density at radius 1 is 1.22 bits per heavy atom. The lowest BCUT2D eigenvalue weighted by atomic mass is 10.00. The van der Waals surface area contributed by atoms with E-state index >= 15 is 0 Å². The first-order chi connectivity index (χ1) is 11.0. The van der Waals surface area contributed by atoms with Crippen LogP contribution in [-0.4, -0.2) is 13.0 Å². The molecule has 3 aromatic rings. The number of carbonyl (C=O) groups excluding carboxylic acids is 1. The molecule has 0 spiro atoms. The Bertz CT molecular complexity index is 879. The van der Waals surface area contributed by atoms with Gasteiger partial charge in [-0.05, 0) is 60.9 Å². The Labute approximate surface area is 134 Å². The Hall–Kier alpha value is -2.62. The molecule has 1 aromatic heterocycles. The number of nitrogens with one attached hydrogen (secondary N) is 1. The zero-order valence-electron chi connectivity index (χ0n) is 13.4. The zero-order valence-corrected chi connectivity index (χ0v) is 13.4. The Kier molecular flexibility index (Phi) is 3.90. The number of furan rings is 1. The van der Waals surface area contributed by atoms with Gasteiger partial charge >= 0.3 is 0 Å². The first-order valence-corrected chi connectivity index (χ1v) is 7.59. The van der Waals surface area contributed by atoms with Gasteiger partial charge in [-0.15, -0.1) is 0 Å². The van der Waals surface area contributed by atoms with Gasteiger partial charge in [-0.2, -0.15) is 0 Å². The minimum absolute atomic E-state index is 0.216. The quantitative estimate of drug-likeness (QED) is 0.775. The number of benzene rings is 2. The number of hydrogen-bond acceptors (Lipinski definition) is 2. The third-order valence-corrected chi connectivity index (χ3v) is 4.09. The van der Waals surface area contributed by atoms with E-state index in [1.54, 1.807) is 19.2 Å². The maximum atomic E-state index is 13.2. The number of fused-ring (bicyclic) bond motifs is 1. The van der Waals surface area contributed by atoms with Crippen molar-refractivity contribution in [3.05, 3.63) is 58.9 Å². The molecule has 3 rings (SSSR count). The van der Waals surface area contributed by atoms with Crippen LogP contribution in [0, 0.1) is 12.7 Å². The van der Waals surface area contributed by atoms with Crippen molar-refractivity contribution in [1.29, 1.82) is 0 Å². The standard InChI is InChI=1S/C19H18FNO2/c1-4-12-10-16-15(9-11(12)2)17(19(22)21-3)18(23-16)13-5-7-14(20)8-6-13/h5-10H,4H2,1-3H3,(H,21,22). The van der Waals surface area contributed by atoms with Crippen LogP contribution >= 0.6 is 0 Å². The van der Waals surface area contributed by atoms with Gasteiger partial charge in [0.2, 0.25) is 0 Å². The molecule has 0 aliphatic rings. The van der Waals surface area contributed by atoms with Crippen LogP contribution in [0.2, 0.25) is 0 Å². The fourth-order valence-corrected chi connectivity index (χ4v) is 2.83. The molecule has 0 aliphatic carbocycles. The highest BCUT2D eigenvalue weighted by Gasteiger charge is 2.22. The van der Waals surface area contributed by atoms with Crippen molar-refractivity contribution in [2.24, 2.45) is 0 Å². The first-order valence-electron chi connectivity index (χ1n) is 7.59. The molecule has 118 valence electrons. The van der Waals surface area contributed by atoms with Crippen molar-refractivity contribution < 1.29 is 13.6 Å². The monoisotopic (exact) mass is 311 g/mol. The molecule has 0 unspecified atom stereocenters.